The van der Waals surface area contributed by atoms with Crippen LogP contribution in [0.15, 0.2) is 28.7 Å². The van der Waals surface area contributed by atoms with Crippen molar-refractivity contribution in [2.45, 2.75) is 32.8 Å². The van der Waals surface area contributed by atoms with Crippen molar-refractivity contribution in [1.29, 1.82) is 0 Å². The SMILES string of the molecule is CC(C)(C)OC(O)NCCOc1ccc(Br)cc1. The average Bonchev–Trinajstić information content (AvgIpc) is 2.24. The number of aliphatic hydroxyl groups excluding tert-OH is 1. The molecule has 1 atom stereocenters. The molecule has 0 saturated carbocycles. The van der Waals surface area contributed by atoms with Crippen molar-refractivity contribution in [1.82, 2.24) is 5.32 Å². The standard InChI is InChI=1S/C13H20BrNO3/c1-13(2,3)18-12(16)15-8-9-17-11-6-4-10(14)5-7-11/h4-7,12,15-16H,8-9H2,1-3H3. The molecule has 0 aliphatic carbocycles. The number of hydrogen-bond donors (Lipinski definition) is 2. The molecule has 1 unspecified atom stereocenters. The Hall–Kier alpha value is -0.620. The van der Waals surface area contributed by atoms with E-state index in [0.29, 0.717) is 13.2 Å². The van der Waals surface area contributed by atoms with Crippen molar-refractivity contribution in [2.24, 2.45) is 0 Å². The van der Waals surface area contributed by atoms with Gasteiger partial charge in [-0.2, -0.15) is 0 Å². The summed E-state index contributed by atoms with van der Waals surface area (Å²) in [6, 6.07) is 7.60. The Morgan fingerprint density at radius 1 is 1.28 bits per heavy atom. The van der Waals surface area contributed by atoms with Crippen LogP contribution >= 0.6 is 15.9 Å². The summed E-state index contributed by atoms with van der Waals surface area (Å²) in [5, 5.41) is 12.3. The van der Waals surface area contributed by atoms with Crippen LogP contribution in [0.1, 0.15) is 20.8 Å². The quantitative estimate of drug-likeness (QED) is 0.625. The average molecular weight is 318 g/mol. The summed E-state index contributed by atoms with van der Waals surface area (Å²) in [6.07, 6.45) is -0.974. The highest BCUT2D eigenvalue weighted by Gasteiger charge is 2.15. The molecule has 0 aliphatic rings. The van der Waals surface area contributed by atoms with Gasteiger partial charge in [0, 0.05) is 11.0 Å². The molecule has 18 heavy (non-hydrogen) atoms. The summed E-state index contributed by atoms with van der Waals surface area (Å²) < 4.78 is 11.8. The van der Waals surface area contributed by atoms with Gasteiger partial charge in [0.2, 0.25) is 6.41 Å². The number of rotatable bonds is 6. The largest absolute Gasteiger partial charge is 0.492 e. The molecule has 0 radical (unpaired) electrons. The van der Waals surface area contributed by atoms with Gasteiger partial charge in [-0.05, 0) is 45.0 Å². The van der Waals surface area contributed by atoms with Crippen LogP contribution in [0.3, 0.4) is 0 Å². The van der Waals surface area contributed by atoms with Gasteiger partial charge in [0.05, 0.1) is 5.60 Å². The van der Waals surface area contributed by atoms with E-state index in [9.17, 15) is 5.11 Å². The minimum absolute atomic E-state index is 0.376. The summed E-state index contributed by atoms with van der Waals surface area (Å²) >= 11 is 3.36. The monoisotopic (exact) mass is 317 g/mol. The molecule has 1 rings (SSSR count). The zero-order valence-electron chi connectivity index (χ0n) is 10.9. The van der Waals surface area contributed by atoms with Gasteiger partial charge in [0.25, 0.3) is 0 Å². The van der Waals surface area contributed by atoms with Crippen LogP contribution in [0, 0.1) is 0 Å². The number of halogens is 1. The van der Waals surface area contributed by atoms with E-state index >= 15 is 0 Å². The molecule has 0 aromatic heterocycles. The summed E-state index contributed by atoms with van der Waals surface area (Å²) in [6.45, 7) is 6.63. The van der Waals surface area contributed by atoms with Gasteiger partial charge < -0.3 is 14.6 Å². The summed E-state index contributed by atoms with van der Waals surface area (Å²) in [5.74, 6) is 0.797. The predicted molar refractivity (Wildman–Crippen MR) is 74.5 cm³/mol. The van der Waals surface area contributed by atoms with Crippen molar-refractivity contribution in [3.63, 3.8) is 0 Å². The number of hydrogen-bond acceptors (Lipinski definition) is 4. The van der Waals surface area contributed by atoms with Gasteiger partial charge in [0.1, 0.15) is 12.4 Å². The van der Waals surface area contributed by atoms with Crippen LogP contribution in [0.5, 0.6) is 5.75 Å². The molecule has 2 N–H and O–H groups in total. The zero-order valence-corrected chi connectivity index (χ0v) is 12.5. The van der Waals surface area contributed by atoms with Crippen LogP contribution in [-0.2, 0) is 4.74 Å². The molecule has 0 bridgehead atoms. The molecule has 0 saturated heterocycles. The van der Waals surface area contributed by atoms with Crippen molar-refractivity contribution in [3.8, 4) is 5.75 Å². The van der Waals surface area contributed by atoms with E-state index in [2.05, 4.69) is 21.2 Å². The molecule has 0 heterocycles. The van der Waals surface area contributed by atoms with Crippen molar-refractivity contribution in [2.75, 3.05) is 13.2 Å². The van der Waals surface area contributed by atoms with Crippen molar-refractivity contribution >= 4 is 15.9 Å². The highest BCUT2D eigenvalue weighted by molar-refractivity contribution is 9.10. The minimum Gasteiger partial charge on any atom is -0.492 e. The zero-order chi connectivity index (χ0) is 13.6. The fourth-order valence-corrected chi connectivity index (χ4v) is 1.52. The van der Waals surface area contributed by atoms with Crippen LogP contribution in [0.2, 0.25) is 0 Å². The topological polar surface area (TPSA) is 50.7 Å². The first-order valence-corrected chi connectivity index (χ1v) is 6.64. The molecule has 0 spiro atoms. The first-order chi connectivity index (χ1) is 8.37. The maximum atomic E-state index is 9.52. The first kappa shape index (κ1) is 15.4. The van der Waals surface area contributed by atoms with Gasteiger partial charge in [-0.25, -0.2) is 0 Å². The molecule has 0 amide bonds. The number of ether oxygens (including phenoxy) is 2. The molecule has 5 heteroatoms. The smallest absolute Gasteiger partial charge is 0.214 e. The maximum absolute atomic E-state index is 9.52. The van der Waals surface area contributed by atoms with Gasteiger partial charge in [-0.15, -0.1) is 0 Å². The molecule has 102 valence electrons. The normalized spacial score (nSPS) is 13.4. The van der Waals surface area contributed by atoms with E-state index in [4.69, 9.17) is 9.47 Å². The minimum atomic E-state index is -0.974. The second-order valence-electron chi connectivity index (χ2n) is 4.84. The number of nitrogens with one attached hydrogen (secondary N) is 1. The van der Waals surface area contributed by atoms with E-state index in [1.165, 1.54) is 0 Å². The lowest BCUT2D eigenvalue weighted by Gasteiger charge is -2.24. The lowest BCUT2D eigenvalue weighted by atomic mass is 10.2. The Kier molecular flexibility index (Phi) is 6.08. The fourth-order valence-electron chi connectivity index (χ4n) is 1.26. The predicted octanol–water partition coefficient (Wildman–Crippen LogP) is 2.51. The summed E-state index contributed by atoms with van der Waals surface area (Å²) in [4.78, 5) is 0. The third-order valence-electron chi connectivity index (χ3n) is 1.97. The Morgan fingerprint density at radius 3 is 2.44 bits per heavy atom. The van der Waals surface area contributed by atoms with Gasteiger partial charge in [-0.1, -0.05) is 15.9 Å². The van der Waals surface area contributed by atoms with Crippen molar-refractivity contribution in [3.05, 3.63) is 28.7 Å². The van der Waals surface area contributed by atoms with Gasteiger partial charge >= 0.3 is 0 Å². The Labute approximate surface area is 116 Å². The third kappa shape index (κ3) is 6.96. The lowest BCUT2D eigenvalue weighted by Crippen LogP contribution is -2.39. The lowest BCUT2D eigenvalue weighted by molar-refractivity contribution is -0.181. The third-order valence-corrected chi connectivity index (χ3v) is 2.50. The van der Waals surface area contributed by atoms with Crippen LogP contribution in [-0.4, -0.2) is 30.3 Å². The highest BCUT2D eigenvalue weighted by atomic mass is 79.9. The van der Waals surface area contributed by atoms with Crippen LogP contribution < -0.4 is 10.1 Å². The molecule has 0 fully saturated rings. The molecule has 1 aromatic rings. The second-order valence-corrected chi connectivity index (χ2v) is 5.75. The molecule has 0 aliphatic heterocycles. The van der Waals surface area contributed by atoms with Gasteiger partial charge in [0.15, 0.2) is 0 Å². The Bertz CT molecular complexity index is 348. The van der Waals surface area contributed by atoms with Gasteiger partial charge in [-0.3, -0.25) is 5.32 Å². The van der Waals surface area contributed by atoms with E-state index < -0.39 is 6.41 Å². The molecule has 4 nitrogen and oxygen atoms in total. The van der Waals surface area contributed by atoms with Crippen molar-refractivity contribution < 1.29 is 14.6 Å². The van der Waals surface area contributed by atoms with E-state index in [0.717, 1.165) is 10.2 Å². The van der Waals surface area contributed by atoms with E-state index in [-0.39, 0.29) is 5.60 Å². The fraction of sp³-hybridized carbons (Fsp3) is 0.538. The summed E-state index contributed by atoms with van der Waals surface area (Å²) in [5.41, 5.74) is -0.376. The van der Waals surface area contributed by atoms with E-state index in [1.807, 2.05) is 45.0 Å². The Balaban J connectivity index is 2.17. The molecule has 1 aromatic carbocycles. The molecular weight excluding hydrogens is 298 g/mol. The Morgan fingerprint density at radius 2 is 1.89 bits per heavy atom. The second kappa shape index (κ2) is 7.09. The highest BCUT2D eigenvalue weighted by Crippen LogP contribution is 2.15. The molecular formula is C13H20BrNO3. The van der Waals surface area contributed by atoms with Crippen LogP contribution in [0.4, 0.5) is 0 Å². The first-order valence-electron chi connectivity index (χ1n) is 5.84. The maximum Gasteiger partial charge on any atom is 0.214 e. The number of aliphatic hydroxyl groups is 1. The number of benzene rings is 1. The summed E-state index contributed by atoms with van der Waals surface area (Å²) in [7, 11) is 0. The van der Waals surface area contributed by atoms with E-state index in [1.54, 1.807) is 0 Å². The van der Waals surface area contributed by atoms with Crippen LogP contribution in [0.25, 0.3) is 0 Å².